The lowest BCUT2D eigenvalue weighted by atomic mass is 10.0. The molecule has 3 heteroatoms. The summed E-state index contributed by atoms with van der Waals surface area (Å²) in [5.74, 6) is 0.386. The van der Waals surface area contributed by atoms with Crippen LogP contribution in [0.5, 0.6) is 0 Å². The van der Waals surface area contributed by atoms with Crippen molar-refractivity contribution < 1.29 is 0 Å². The number of guanidine groups is 1. The van der Waals surface area contributed by atoms with Gasteiger partial charge in [-0.2, -0.15) is 0 Å². The van der Waals surface area contributed by atoms with Crippen molar-refractivity contribution in [3.8, 4) is 11.1 Å². The minimum absolute atomic E-state index is 0.386. The van der Waals surface area contributed by atoms with Crippen LogP contribution in [-0.4, -0.2) is 5.96 Å². The van der Waals surface area contributed by atoms with E-state index < -0.39 is 0 Å². The molecule has 0 amide bonds. The first kappa shape index (κ1) is 16.8. The minimum Gasteiger partial charge on any atom is -0.369 e. The largest absolute Gasteiger partial charge is 0.369 e. The van der Waals surface area contributed by atoms with Gasteiger partial charge in [0.1, 0.15) is 0 Å². The van der Waals surface area contributed by atoms with Gasteiger partial charge in [0.25, 0.3) is 0 Å². The average Bonchev–Trinajstić information content (AvgIpc) is 2.62. The molecular formula is C22H23N3. The summed E-state index contributed by atoms with van der Waals surface area (Å²) in [5.41, 5.74) is 12.7. The fraction of sp³-hybridized carbons (Fsp3) is 0.136. The maximum atomic E-state index is 6.04. The average molecular weight is 329 g/mol. The van der Waals surface area contributed by atoms with Crippen LogP contribution in [0.3, 0.4) is 0 Å². The monoisotopic (exact) mass is 329 g/mol. The summed E-state index contributed by atoms with van der Waals surface area (Å²) < 4.78 is 0. The predicted molar refractivity (Wildman–Crippen MR) is 107 cm³/mol. The van der Waals surface area contributed by atoms with E-state index in [-0.39, 0.29) is 0 Å². The Morgan fingerprint density at radius 2 is 1.68 bits per heavy atom. The summed E-state index contributed by atoms with van der Waals surface area (Å²) in [4.78, 5) is 4.45. The van der Waals surface area contributed by atoms with Crippen molar-refractivity contribution in [2.45, 2.75) is 20.3 Å². The molecule has 3 aromatic carbocycles. The molecular weight excluding hydrogens is 306 g/mol. The Hall–Kier alpha value is -3.07. The zero-order valence-corrected chi connectivity index (χ0v) is 14.7. The van der Waals surface area contributed by atoms with E-state index in [1.54, 1.807) is 0 Å². The van der Waals surface area contributed by atoms with Crippen molar-refractivity contribution in [1.82, 2.24) is 0 Å². The molecule has 0 fully saturated rings. The number of nitrogens with zero attached hydrogens (tertiary/aromatic N) is 1. The molecule has 0 aliphatic heterocycles. The highest BCUT2D eigenvalue weighted by Crippen LogP contribution is 2.23. The summed E-state index contributed by atoms with van der Waals surface area (Å²) in [6.45, 7) is 4.23. The first-order valence-corrected chi connectivity index (χ1v) is 8.51. The second-order valence-electron chi connectivity index (χ2n) is 6.09. The molecule has 0 aliphatic rings. The number of aryl methyl sites for hydroxylation is 2. The zero-order chi connectivity index (χ0) is 17.6. The fourth-order valence-electron chi connectivity index (χ4n) is 2.74. The Balaban J connectivity index is 1.74. The van der Waals surface area contributed by atoms with Crippen molar-refractivity contribution in [1.29, 1.82) is 0 Å². The Bertz CT molecular complexity index is 880. The standard InChI is InChI=1S/C22H23N3/c1-3-17-7-5-9-21(15-17)25-22(23)24-20-12-10-18(11-13-20)19-8-4-6-16(2)14-19/h4-15H,3H2,1-2H3,(H3,23,24,25). The number of hydrogen-bond acceptors (Lipinski definition) is 1. The molecule has 25 heavy (non-hydrogen) atoms. The van der Waals surface area contributed by atoms with Gasteiger partial charge in [-0.1, -0.05) is 61.0 Å². The highest BCUT2D eigenvalue weighted by atomic mass is 15.1. The predicted octanol–water partition coefficient (Wildman–Crippen LogP) is 5.28. The summed E-state index contributed by atoms with van der Waals surface area (Å²) in [5, 5.41) is 3.15. The molecule has 3 aromatic rings. The quantitative estimate of drug-likeness (QED) is 0.505. The molecule has 3 nitrogen and oxygen atoms in total. The molecule has 0 aliphatic carbocycles. The first-order valence-electron chi connectivity index (χ1n) is 8.51. The van der Waals surface area contributed by atoms with Crippen LogP contribution in [0.15, 0.2) is 77.8 Å². The fourth-order valence-corrected chi connectivity index (χ4v) is 2.74. The van der Waals surface area contributed by atoms with Crippen molar-refractivity contribution in [3.63, 3.8) is 0 Å². The number of aliphatic imine (C=N–C) groups is 1. The number of nitrogens with one attached hydrogen (secondary N) is 1. The zero-order valence-electron chi connectivity index (χ0n) is 14.7. The topological polar surface area (TPSA) is 50.4 Å². The van der Waals surface area contributed by atoms with Gasteiger partial charge in [-0.15, -0.1) is 0 Å². The van der Waals surface area contributed by atoms with Crippen molar-refractivity contribution in [2.24, 2.45) is 10.7 Å². The lowest BCUT2D eigenvalue weighted by Crippen LogP contribution is -2.21. The SMILES string of the molecule is CCc1cccc(NC(N)=Nc2ccc(-c3cccc(C)c3)cc2)c1. The Labute approximate surface area is 149 Å². The third-order valence-electron chi connectivity index (χ3n) is 4.08. The van der Waals surface area contributed by atoms with Crippen LogP contribution in [0.25, 0.3) is 11.1 Å². The van der Waals surface area contributed by atoms with E-state index in [1.165, 1.54) is 22.3 Å². The van der Waals surface area contributed by atoms with Gasteiger partial charge in [-0.3, -0.25) is 0 Å². The van der Waals surface area contributed by atoms with Gasteiger partial charge in [0, 0.05) is 5.69 Å². The summed E-state index contributed by atoms with van der Waals surface area (Å²) >= 11 is 0. The van der Waals surface area contributed by atoms with Gasteiger partial charge in [0.2, 0.25) is 0 Å². The van der Waals surface area contributed by atoms with Crippen LogP contribution in [-0.2, 0) is 6.42 Å². The van der Waals surface area contributed by atoms with Crippen LogP contribution in [0.1, 0.15) is 18.1 Å². The number of rotatable bonds is 4. The molecule has 0 saturated heterocycles. The number of nitrogens with two attached hydrogens (primary N) is 1. The van der Waals surface area contributed by atoms with Gasteiger partial charge in [-0.05, 0) is 54.3 Å². The Morgan fingerprint density at radius 3 is 2.40 bits per heavy atom. The highest BCUT2D eigenvalue weighted by Gasteiger charge is 2.00. The molecule has 0 spiro atoms. The number of anilines is 1. The van der Waals surface area contributed by atoms with Gasteiger partial charge < -0.3 is 11.1 Å². The van der Waals surface area contributed by atoms with Crippen LogP contribution >= 0.6 is 0 Å². The maximum Gasteiger partial charge on any atom is 0.198 e. The van der Waals surface area contributed by atoms with E-state index in [0.717, 1.165) is 17.8 Å². The molecule has 126 valence electrons. The highest BCUT2D eigenvalue weighted by molar-refractivity contribution is 5.94. The van der Waals surface area contributed by atoms with Crippen LogP contribution in [0.2, 0.25) is 0 Å². The van der Waals surface area contributed by atoms with Crippen molar-refractivity contribution in [2.75, 3.05) is 5.32 Å². The number of hydrogen-bond donors (Lipinski definition) is 2. The maximum absolute atomic E-state index is 6.04. The van der Waals surface area contributed by atoms with Crippen LogP contribution < -0.4 is 11.1 Å². The van der Waals surface area contributed by atoms with Gasteiger partial charge >= 0.3 is 0 Å². The molecule has 0 saturated carbocycles. The summed E-state index contributed by atoms with van der Waals surface area (Å²) in [7, 11) is 0. The summed E-state index contributed by atoms with van der Waals surface area (Å²) in [6.07, 6.45) is 0.993. The van der Waals surface area contributed by atoms with Crippen LogP contribution in [0.4, 0.5) is 11.4 Å². The number of benzene rings is 3. The van der Waals surface area contributed by atoms with E-state index in [4.69, 9.17) is 5.73 Å². The van der Waals surface area contributed by atoms with Crippen LogP contribution in [0, 0.1) is 6.92 Å². The van der Waals surface area contributed by atoms with E-state index in [1.807, 2.05) is 24.3 Å². The summed E-state index contributed by atoms with van der Waals surface area (Å²) in [6, 6.07) is 24.8. The Morgan fingerprint density at radius 1 is 0.920 bits per heavy atom. The molecule has 0 aromatic heterocycles. The first-order chi connectivity index (χ1) is 12.1. The molecule has 0 unspecified atom stereocenters. The third-order valence-corrected chi connectivity index (χ3v) is 4.08. The van der Waals surface area contributed by atoms with Gasteiger partial charge in [0.15, 0.2) is 5.96 Å². The molecule has 0 bridgehead atoms. The third kappa shape index (κ3) is 4.48. The van der Waals surface area contributed by atoms with Crippen molar-refractivity contribution in [3.05, 3.63) is 83.9 Å². The van der Waals surface area contributed by atoms with E-state index in [2.05, 4.69) is 72.7 Å². The second kappa shape index (κ2) is 7.67. The molecule has 3 rings (SSSR count). The lowest BCUT2D eigenvalue weighted by Gasteiger charge is -2.07. The lowest BCUT2D eigenvalue weighted by molar-refractivity contribution is 1.14. The second-order valence-corrected chi connectivity index (χ2v) is 6.09. The smallest absolute Gasteiger partial charge is 0.198 e. The molecule has 0 atom stereocenters. The van der Waals surface area contributed by atoms with E-state index in [0.29, 0.717) is 5.96 Å². The molecule has 0 heterocycles. The van der Waals surface area contributed by atoms with Gasteiger partial charge in [-0.25, -0.2) is 4.99 Å². The van der Waals surface area contributed by atoms with E-state index >= 15 is 0 Å². The van der Waals surface area contributed by atoms with Crippen molar-refractivity contribution >= 4 is 17.3 Å². The molecule has 0 radical (unpaired) electrons. The minimum atomic E-state index is 0.386. The van der Waals surface area contributed by atoms with E-state index in [9.17, 15) is 0 Å². The normalized spacial score (nSPS) is 11.4. The Kier molecular flexibility index (Phi) is 5.14. The van der Waals surface area contributed by atoms with Gasteiger partial charge in [0.05, 0.1) is 5.69 Å². The molecule has 3 N–H and O–H groups in total.